The predicted octanol–water partition coefficient (Wildman–Crippen LogP) is 4.87. The van der Waals surface area contributed by atoms with Crippen molar-refractivity contribution in [2.75, 3.05) is 5.32 Å². The Kier molecular flexibility index (Phi) is 4.71. The van der Waals surface area contributed by atoms with E-state index < -0.39 is 11.7 Å². The molecule has 0 saturated heterocycles. The standard InChI is InChI=1S/C23H15FN4O/c1-14-9-15(13-25)10-22(26-14)28-23(29)19-12-20(16-5-3-2-4-6-16)27-21-11-17(24)7-8-18(19)21/h2-12H,1H3,(H,26,28,29). The molecule has 0 fully saturated rings. The van der Waals surface area contributed by atoms with Gasteiger partial charge in [-0.3, -0.25) is 4.79 Å². The van der Waals surface area contributed by atoms with Crippen LogP contribution in [0.25, 0.3) is 22.2 Å². The van der Waals surface area contributed by atoms with Gasteiger partial charge in [0.15, 0.2) is 0 Å². The molecule has 140 valence electrons. The maximum atomic E-state index is 13.8. The lowest BCUT2D eigenvalue weighted by atomic mass is 10.0. The highest BCUT2D eigenvalue weighted by molar-refractivity contribution is 6.12. The van der Waals surface area contributed by atoms with Crippen LogP contribution in [0, 0.1) is 24.1 Å². The maximum absolute atomic E-state index is 13.8. The first-order chi connectivity index (χ1) is 14.0. The Bertz CT molecular complexity index is 1280. The molecular formula is C23H15FN4O. The highest BCUT2D eigenvalue weighted by Gasteiger charge is 2.16. The minimum atomic E-state index is -0.430. The highest BCUT2D eigenvalue weighted by Crippen LogP contribution is 2.26. The summed E-state index contributed by atoms with van der Waals surface area (Å²) in [5, 5.41) is 12.4. The zero-order valence-electron chi connectivity index (χ0n) is 15.5. The second-order valence-electron chi connectivity index (χ2n) is 6.53. The molecule has 2 aromatic carbocycles. The highest BCUT2D eigenvalue weighted by atomic mass is 19.1. The Morgan fingerprint density at radius 1 is 1.03 bits per heavy atom. The van der Waals surface area contributed by atoms with E-state index in [1.54, 1.807) is 19.1 Å². The van der Waals surface area contributed by atoms with Crippen LogP contribution in [0.5, 0.6) is 0 Å². The van der Waals surface area contributed by atoms with Gasteiger partial charge in [-0.15, -0.1) is 0 Å². The van der Waals surface area contributed by atoms with E-state index in [0.717, 1.165) is 5.56 Å². The van der Waals surface area contributed by atoms with E-state index in [-0.39, 0.29) is 5.82 Å². The van der Waals surface area contributed by atoms with Gasteiger partial charge in [0.25, 0.3) is 5.91 Å². The van der Waals surface area contributed by atoms with Gasteiger partial charge in [-0.2, -0.15) is 5.26 Å². The molecule has 5 nitrogen and oxygen atoms in total. The van der Waals surface area contributed by atoms with Crippen LogP contribution in [-0.2, 0) is 0 Å². The number of carbonyl (C=O) groups is 1. The summed E-state index contributed by atoms with van der Waals surface area (Å²) >= 11 is 0. The van der Waals surface area contributed by atoms with Gasteiger partial charge >= 0.3 is 0 Å². The number of rotatable bonds is 3. The number of anilines is 1. The second kappa shape index (κ2) is 7.49. The number of fused-ring (bicyclic) bond motifs is 1. The van der Waals surface area contributed by atoms with E-state index in [9.17, 15) is 9.18 Å². The fourth-order valence-corrected chi connectivity index (χ4v) is 3.13. The number of benzene rings is 2. The molecule has 4 rings (SSSR count). The van der Waals surface area contributed by atoms with Crippen LogP contribution >= 0.6 is 0 Å². The molecule has 1 amide bonds. The largest absolute Gasteiger partial charge is 0.306 e. The number of halogens is 1. The molecule has 2 heterocycles. The van der Waals surface area contributed by atoms with Gasteiger partial charge in [0, 0.05) is 22.7 Å². The number of carbonyl (C=O) groups excluding carboxylic acids is 1. The number of pyridine rings is 2. The third kappa shape index (κ3) is 3.80. The van der Waals surface area contributed by atoms with Crippen molar-refractivity contribution in [1.29, 1.82) is 5.26 Å². The fraction of sp³-hybridized carbons (Fsp3) is 0.0435. The average molecular weight is 382 g/mol. The Morgan fingerprint density at radius 3 is 2.59 bits per heavy atom. The first-order valence-corrected chi connectivity index (χ1v) is 8.89. The minimum Gasteiger partial charge on any atom is -0.306 e. The van der Waals surface area contributed by atoms with Crippen molar-refractivity contribution in [3.05, 3.63) is 89.4 Å². The molecule has 0 saturated carbocycles. The Hall–Kier alpha value is -4.11. The fourth-order valence-electron chi connectivity index (χ4n) is 3.13. The van der Waals surface area contributed by atoms with Crippen LogP contribution in [0.4, 0.5) is 10.2 Å². The molecule has 0 aliphatic carbocycles. The van der Waals surface area contributed by atoms with Crippen molar-refractivity contribution in [2.45, 2.75) is 6.92 Å². The zero-order valence-corrected chi connectivity index (χ0v) is 15.5. The Morgan fingerprint density at radius 2 is 1.83 bits per heavy atom. The van der Waals surface area contributed by atoms with Crippen LogP contribution in [0.15, 0.2) is 66.7 Å². The van der Waals surface area contributed by atoms with Crippen molar-refractivity contribution in [3.8, 4) is 17.3 Å². The zero-order chi connectivity index (χ0) is 20.4. The number of hydrogen-bond acceptors (Lipinski definition) is 4. The maximum Gasteiger partial charge on any atom is 0.257 e. The monoisotopic (exact) mass is 382 g/mol. The lowest BCUT2D eigenvalue weighted by Crippen LogP contribution is -2.14. The van der Waals surface area contributed by atoms with Gasteiger partial charge < -0.3 is 5.32 Å². The second-order valence-corrected chi connectivity index (χ2v) is 6.53. The average Bonchev–Trinajstić information content (AvgIpc) is 2.72. The first kappa shape index (κ1) is 18.3. The SMILES string of the molecule is Cc1cc(C#N)cc(NC(=O)c2cc(-c3ccccc3)nc3cc(F)ccc23)n1. The molecule has 2 aromatic heterocycles. The van der Waals surface area contributed by atoms with Gasteiger partial charge in [-0.25, -0.2) is 14.4 Å². The lowest BCUT2D eigenvalue weighted by Gasteiger charge is -2.11. The van der Waals surface area contributed by atoms with Crippen molar-refractivity contribution >= 4 is 22.6 Å². The molecule has 29 heavy (non-hydrogen) atoms. The number of aromatic nitrogens is 2. The van der Waals surface area contributed by atoms with Crippen LogP contribution in [-0.4, -0.2) is 15.9 Å². The van der Waals surface area contributed by atoms with Gasteiger partial charge in [0.1, 0.15) is 11.6 Å². The quantitative estimate of drug-likeness (QED) is 0.548. The Labute approximate surface area is 166 Å². The third-order valence-corrected chi connectivity index (χ3v) is 4.41. The number of amides is 1. The van der Waals surface area contributed by atoms with Crippen LogP contribution in [0.2, 0.25) is 0 Å². The number of nitrogens with one attached hydrogen (secondary N) is 1. The van der Waals surface area contributed by atoms with Crippen LogP contribution in [0.3, 0.4) is 0 Å². The summed E-state index contributed by atoms with van der Waals surface area (Å²) in [4.78, 5) is 21.8. The van der Waals surface area contributed by atoms with Crippen LogP contribution in [0.1, 0.15) is 21.6 Å². The lowest BCUT2D eigenvalue weighted by molar-refractivity contribution is 0.102. The molecule has 4 aromatic rings. The Balaban J connectivity index is 1.82. The molecule has 0 unspecified atom stereocenters. The number of aryl methyl sites for hydroxylation is 1. The number of nitriles is 1. The molecule has 1 N–H and O–H groups in total. The normalized spacial score (nSPS) is 10.5. The van der Waals surface area contributed by atoms with Crippen molar-refractivity contribution in [3.63, 3.8) is 0 Å². The van der Waals surface area contributed by atoms with Crippen LogP contribution < -0.4 is 5.32 Å². The molecule has 0 bridgehead atoms. The molecule has 0 atom stereocenters. The summed E-state index contributed by atoms with van der Waals surface area (Å²) < 4.78 is 13.8. The topological polar surface area (TPSA) is 78.7 Å². The van der Waals surface area contributed by atoms with E-state index in [1.807, 2.05) is 36.4 Å². The predicted molar refractivity (Wildman–Crippen MR) is 109 cm³/mol. The van der Waals surface area contributed by atoms with Crippen molar-refractivity contribution < 1.29 is 9.18 Å². The number of hydrogen-bond donors (Lipinski definition) is 1. The summed E-state index contributed by atoms with van der Waals surface area (Å²) in [6, 6.07) is 20.3. The van der Waals surface area contributed by atoms with Gasteiger partial charge in [-0.05, 0) is 37.3 Å². The number of nitrogens with zero attached hydrogens (tertiary/aromatic N) is 3. The minimum absolute atomic E-state index is 0.278. The summed E-state index contributed by atoms with van der Waals surface area (Å²) in [6.45, 7) is 1.74. The van der Waals surface area contributed by atoms with E-state index in [2.05, 4.69) is 15.3 Å². The summed E-state index contributed by atoms with van der Waals surface area (Å²) in [6.07, 6.45) is 0. The van der Waals surface area contributed by atoms with Crippen molar-refractivity contribution in [1.82, 2.24) is 9.97 Å². The molecule has 0 aliphatic heterocycles. The van der Waals surface area contributed by atoms with Gasteiger partial charge in [0.2, 0.25) is 0 Å². The summed E-state index contributed by atoms with van der Waals surface area (Å²) in [5.74, 6) is -0.566. The third-order valence-electron chi connectivity index (χ3n) is 4.41. The molecular weight excluding hydrogens is 367 g/mol. The smallest absolute Gasteiger partial charge is 0.257 e. The first-order valence-electron chi connectivity index (χ1n) is 8.89. The van der Waals surface area contributed by atoms with Gasteiger partial charge in [0.05, 0.1) is 28.4 Å². The van der Waals surface area contributed by atoms with E-state index in [0.29, 0.717) is 33.4 Å². The molecule has 0 radical (unpaired) electrons. The van der Waals surface area contributed by atoms with E-state index >= 15 is 0 Å². The van der Waals surface area contributed by atoms with E-state index in [4.69, 9.17) is 5.26 Å². The summed E-state index contributed by atoms with van der Waals surface area (Å²) in [7, 11) is 0. The summed E-state index contributed by atoms with van der Waals surface area (Å²) in [5.41, 5.74) is 3.12. The van der Waals surface area contributed by atoms with Crippen molar-refractivity contribution in [2.24, 2.45) is 0 Å². The van der Waals surface area contributed by atoms with E-state index in [1.165, 1.54) is 24.3 Å². The molecule has 6 heteroatoms. The molecule has 0 spiro atoms. The molecule has 0 aliphatic rings. The van der Waals surface area contributed by atoms with Gasteiger partial charge in [-0.1, -0.05) is 30.3 Å².